The molecule has 0 unspecified atom stereocenters. The van der Waals surface area contributed by atoms with Gasteiger partial charge < -0.3 is 4.37 Å². The fourth-order valence-electron chi connectivity index (χ4n) is 1.85. The third-order valence-electron chi connectivity index (χ3n) is 2.58. The van der Waals surface area contributed by atoms with Crippen molar-refractivity contribution in [3.8, 4) is 0 Å². The average Bonchev–Trinajstić information content (AvgIpc) is 2.21. The molecular formula is C12H17O+. The summed E-state index contributed by atoms with van der Waals surface area (Å²) in [5, 5.41) is 0. The Kier molecular flexibility index (Phi) is 2.98. The first kappa shape index (κ1) is 8.76. The molecule has 1 aromatic rings. The molecule has 70 valence electrons. The molecule has 1 nitrogen and oxygen atoms in total. The van der Waals surface area contributed by atoms with Crippen LogP contribution in [0.25, 0.3) is 0 Å². The van der Waals surface area contributed by atoms with Gasteiger partial charge in [0.15, 0.2) is 6.61 Å². The maximum Gasteiger partial charge on any atom is 0.172 e. The zero-order chi connectivity index (χ0) is 8.93. The van der Waals surface area contributed by atoms with Gasteiger partial charge in [-0.3, -0.25) is 0 Å². The van der Waals surface area contributed by atoms with Crippen LogP contribution in [0, 0.1) is 0 Å². The van der Waals surface area contributed by atoms with Gasteiger partial charge in [0.2, 0.25) is 0 Å². The largest absolute Gasteiger partial charge is 0.418 e. The molecule has 0 saturated carbocycles. The van der Waals surface area contributed by atoms with Crippen molar-refractivity contribution < 1.29 is 4.37 Å². The van der Waals surface area contributed by atoms with E-state index in [2.05, 4.69) is 34.7 Å². The van der Waals surface area contributed by atoms with Crippen LogP contribution in [-0.4, -0.2) is 13.2 Å². The molecule has 0 atom stereocenters. The summed E-state index contributed by atoms with van der Waals surface area (Å²) in [6, 6.07) is 10.7. The monoisotopic (exact) mass is 177 g/mol. The minimum Gasteiger partial charge on any atom is -0.418 e. The summed E-state index contributed by atoms with van der Waals surface area (Å²) in [6.07, 6.45) is 4.09. The smallest absolute Gasteiger partial charge is 0.172 e. The van der Waals surface area contributed by atoms with E-state index < -0.39 is 0 Å². The number of rotatable bonds is 2. The lowest BCUT2D eigenvalue weighted by molar-refractivity contribution is -0.170. The lowest BCUT2D eigenvalue weighted by Crippen LogP contribution is -2.21. The standard InChI is InChI=1S/C12H17O/c1-3-7-12(8-4-1)11-13-9-5-2-6-10-13/h1,3-4,7-8H,2,5-6,9-11H2/q+1. The minimum absolute atomic E-state index is 1.06. The predicted molar refractivity (Wildman–Crippen MR) is 54.8 cm³/mol. The van der Waals surface area contributed by atoms with Crippen molar-refractivity contribution in [2.75, 3.05) is 13.2 Å². The highest BCUT2D eigenvalue weighted by molar-refractivity contribution is 5.13. The topological polar surface area (TPSA) is 2.70 Å². The van der Waals surface area contributed by atoms with Gasteiger partial charge in [-0.2, -0.15) is 0 Å². The summed E-state index contributed by atoms with van der Waals surface area (Å²) >= 11 is 0. The maximum atomic E-state index is 3.35. The highest BCUT2D eigenvalue weighted by Gasteiger charge is 2.14. The Balaban J connectivity index is 1.90. The molecule has 2 rings (SSSR count). The van der Waals surface area contributed by atoms with Crippen LogP contribution in [0.4, 0.5) is 0 Å². The van der Waals surface area contributed by atoms with Crippen molar-refractivity contribution in [3.05, 3.63) is 35.9 Å². The first-order valence-electron chi connectivity index (χ1n) is 5.13. The van der Waals surface area contributed by atoms with Gasteiger partial charge >= 0.3 is 0 Å². The quantitative estimate of drug-likeness (QED) is 0.611. The Labute approximate surface area is 80.0 Å². The molecule has 1 saturated heterocycles. The van der Waals surface area contributed by atoms with Crippen LogP contribution in [0.15, 0.2) is 30.3 Å². The second-order valence-electron chi connectivity index (χ2n) is 3.71. The van der Waals surface area contributed by atoms with Crippen LogP contribution >= 0.6 is 0 Å². The minimum atomic E-state index is 1.06. The third kappa shape index (κ3) is 2.56. The first-order chi connectivity index (χ1) is 6.45. The molecule has 0 radical (unpaired) electrons. The summed E-state index contributed by atoms with van der Waals surface area (Å²) in [4.78, 5) is 0. The first-order valence-corrected chi connectivity index (χ1v) is 5.13. The van der Waals surface area contributed by atoms with Crippen molar-refractivity contribution >= 4 is 0 Å². The lowest BCUT2D eigenvalue weighted by atomic mass is 10.2. The Morgan fingerprint density at radius 1 is 0.923 bits per heavy atom. The molecule has 0 amide bonds. The molecule has 0 bridgehead atoms. The molecular weight excluding hydrogens is 160 g/mol. The zero-order valence-electron chi connectivity index (χ0n) is 8.04. The van der Waals surface area contributed by atoms with Crippen LogP contribution in [-0.2, 0) is 11.0 Å². The van der Waals surface area contributed by atoms with E-state index in [0.717, 1.165) is 6.61 Å². The van der Waals surface area contributed by atoms with Gasteiger partial charge in [0, 0.05) is 18.4 Å². The van der Waals surface area contributed by atoms with E-state index in [9.17, 15) is 0 Å². The van der Waals surface area contributed by atoms with Crippen molar-refractivity contribution in [2.45, 2.75) is 25.9 Å². The summed E-state index contributed by atoms with van der Waals surface area (Å²) in [6.45, 7) is 3.46. The lowest BCUT2D eigenvalue weighted by Gasteiger charge is -2.23. The molecule has 0 aliphatic carbocycles. The Morgan fingerprint density at radius 2 is 1.62 bits per heavy atom. The molecule has 1 aliphatic rings. The molecule has 13 heavy (non-hydrogen) atoms. The molecule has 1 aliphatic heterocycles. The van der Waals surface area contributed by atoms with Crippen molar-refractivity contribution in [1.82, 2.24) is 0 Å². The van der Waals surface area contributed by atoms with Crippen LogP contribution in [0.2, 0.25) is 0 Å². The second-order valence-corrected chi connectivity index (χ2v) is 3.71. The van der Waals surface area contributed by atoms with Gasteiger partial charge in [0.25, 0.3) is 0 Å². The van der Waals surface area contributed by atoms with Crippen LogP contribution in [0.3, 0.4) is 0 Å². The van der Waals surface area contributed by atoms with Crippen molar-refractivity contribution in [2.24, 2.45) is 0 Å². The van der Waals surface area contributed by atoms with Crippen LogP contribution in [0.1, 0.15) is 24.8 Å². The fourth-order valence-corrected chi connectivity index (χ4v) is 1.85. The maximum absolute atomic E-state index is 3.35. The molecule has 0 spiro atoms. The van der Waals surface area contributed by atoms with E-state index >= 15 is 0 Å². The highest BCUT2D eigenvalue weighted by atomic mass is 16.7. The molecule has 0 aromatic heterocycles. The van der Waals surface area contributed by atoms with Crippen molar-refractivity contribution in [1.29, 1.82) is 0 Å². The average molecular weight is 177 g/mol. The number of hydrogen-bond acceptors (Lipinski definition) is 0. The number of hydrogen-bond donors (Lipinski definition) is 0. The molecule has 1 heterocycles. The van der Waals surface area contributed by atoms with Gasteiger partial charge in [-0.1, -0.05) is 30.3 Å². The SMILES string of the molecule is c1ccc(C[O+]2CCCCC2)cc1. The van der Waals surface area contributed by atoms with Crippen molar-refractivity contribution in [3.63, 3.8) is 0 Å². The predicted octanol–water partition coefficient (Wildman–Crippen LogP) is 2.92. The van der Waals surface area contributed by atoms with Gasteiger partial charge in [0.1, 0.15) is 13.2 Å². The Hall–Kier alpha value is -0.820. The Morgan fingerprint density at radius 3 is 2.31 bits per heavy atom. The summed E-state index contributed by atoms with van der Waals surface area (Å²) < 4.78 is 3.35. The zero-order valence-corrected chi connectivity index (χ0v) is 8.04. The Bertz CT molecular complexity index is 237. The molecule has 0 N–H and O–H groups in total. The van der Waals surface area contributed by atoms with Gasteiger partial charge in [-0.05, 0) is 6.42 Å². The van der Waals surface area contributed by atoms with E-state index in [0.29, 0.717) is 0 Å². The van der Waals surface area contributed by atoms with Gasteiger partial charge in [-0.15, -0.1) is 0 Å². The van der Waals surface area contributed by atoms with Gasteiger partial charge in [0.05, 0.1) is 0 Å². The molecule has 1 fully saturated rings. The fraction of sp³-hybridized carbons (Fsp3) is 0.500. The molecule has 1 heteroatoms. The summed E-state index contributed by atoms with van der Waals surface area (Å²) in [5.74, 6) is 0. The van der Waals surface area contributed by atoms with E-state index in [1.54, 1.807) is 0 Å². The van der Waals surface area contributed by atoms with E-state index in [4.69, 9.17) is 0 Å². The normalized spacial score (nSPS) is 18.8. The molecule has 1 aromatic carbocycles. The van der Waals surface area contributed by atoms with E-state index in [-0.39, 0.29) is 0 Å². The van der Waals surface area contributed by atoms with Crippen LogP contribution in [0.5, 0.6) is 0 Å². The van der Waals surface area contributed by atoms with Gasteiger partial charge in [-0.25, -0.2) is 0 Å². The summed E-state index contributed by atoms with van der Waals surface area (Å²) in [5.41, 5.74) is 1.41. The second kappa shape index (κ2) is 4.43. The van der Waals surface area contributed by atoms with Crippen LogP contribution < -0.4 is 0 Å². The highest BCUT2D eigenvalue weighted by Crippen LogP contribution is 2.16. The number of benzene rings is 1. The summed E-state index contributed by atoms with van der Waals surface area (Å²) in [7, 11) is 0. The third-order valence-corrected chi connectivity index (χ3v) is 2.58. The van der Waals surface area contributed by atoms with E-state index in [1.807, 2.05) is 0 Å². The van der Waals surface area contributed by atoms with E-state index in [1.165, 1.54) is 38.0 Å².